The molecule has 0 saturated heterocycles. The Bertz CT molecular complexity index is 1030. The summed E-state index contributed by atoms with van der Waals surface area (Å²) in [6.45, 7) is 3.42. The van der Waals surface area contributed by atoms with Crippen molar-refractivity contribution in [3.05, 3.63) is 47.3 Å². The highest BCUT2D eigenvalue weighted by Gasteiger charge is 2.24. The van der Waals surface area contributed by atoms with E-state index in [-0.39, 0.29) is 28.2 Å². The van der Waals surface area contributed by atoms with Crippen molar-refractivity contribution in [1.29, 1.82) is 0 Å². The topological polar surface area (TPSA) is 104 Å². The predicted molar refractivity (Wildman–Crippen MR) is 113 cm³/mol. The van der Waals surface area contributed by atoms with Gasteiger partial charge < -0.3 is 5.32 Å². The summed E-state index contributed by atoms with van der Waals surface area (Å²) in [6, 6.07) is 9.17. The molecule has 1 amide bonds. The molecule has 0 aliphatic heterocycles. The quantitative estimate of drug-likeness (QED) is 0.615. The van der Waals surface area contributed by atoms with Crippen LogP contribution in [0.5, 0.6) is 0 Å². The molecule has 0 unspecified atom stereocenters. The number of likely N-dealkylation sites (N-methyl/N-ethyl adjacent to an activating group) is 1. The second-order valence-electron chi connectivity index (χ2n) is 6.73. The maximum absolute atomic E-state index is 12.5. The molecule has 0 atom stereocenters. The fourth-order valence-corrected chi connectivity index (χ4v) is 6.03. The number of hydrogen-bond donors (Lipinski definition) is 1. The van der Waals surface area contributed by atoms with Crippen molar-refractivity contribution in [2.45, 2.75) is 35.5 Å². The Kier molecular flexibility index (Phi) is 7.57. The highest BCUT2D eigenvalue weighted by atomic mass is 32.2. The fraction of sp³-hybridized carbons (Fsp3) is 0.389. The zero-order chi connectivity index (χ0) is 21.8. The lowest BCUT2D eigenvalue weighted by Crippen LogP contribution is -2.37. The van der Waals surface area contributed by atoms with Gasteiger partial charge in [0.2, 0.25) is 15.9 Å². The minimum Gasteiger partial charge on any atom is -0.351 e. The fourth-order valence-electron chi connectivity index (χ4n) is 2.33. The minimum absolute atomic E-state index is 0.159. The van der Waals surface area contributed by atoms with Crippen LogP contribution in [0.25, 0.3) is 0 Å². The number of amides is 1. The van der Waals surface area contributed by atoms with Crippen LogP contribution in [0.2, 0.25) is 0 Å². The lowest BCUT2D eigenvalue weighted by atomic mass is 10.2. The van der Waals surface area contributed by atoms with Gasteiger partial charge in [-0.15, -0.1) is 11.3 Å². The van der Waals surface area contributed by atoms with Gasteiger partial charge in [-0.2, -0.15) is 8.61 Å². The molecule has 0 saturated carbocycles. The van der Waals surface area contributed by atoms with Gasteiger partial charge in [-0.25, -0.2) is 16.8 Å². The van der Waals surface area contributed by atoms with Crippen molar-refractivity contribution in [2.75, 3.05) is 20.6 Å². The molecule has 0 spiro atoms. The molecule has 1 aromatic heterocycles. The zero-order valence-electron chi connectivity index (χ0n) is 16.7. The molecule has 160 valence electrons. The largest absolute Gasteiger partial charge is 0.351 e. The third kappa shape index (κ3) is 5.64. The third-order valence-electron chi connectivity index (χ3n) is 4.34. The molecule has 1 heterocycles. The highest BCUT2D eigenvalue weighted by Crippen LogP contribution is 2.20. The molecule has 8 nitrogen and oxygen atoms in total. The predicted octanol–water partition coefficient (Wildman–Crippen LogP) is 1.71. The van der Waals surface area contributed by atoms with Gasteiger partial charge in [0.15, 0.2) is 0 Å². The Balaban J connectivity index is 1.96. The van der Waals surface area contributed by atoms with Gasteiger partial charge in [-0.3, -0.25) is 4.79 Å². The molecule has 0 aliphatic rings. The molecule has 1 aromatic carbocycles. The molecular formula is C18H25N3O5S3. The standard InChI is InChI=1S/C18H25N3O5S3/c1-14(2)21(4)28(23,24)16-9-7-15(8-10-16)12-19-17(22)13-20(3)29(25,26)18-6-5-11-27-18/h5-11,14H,12-13H2,1-4H3,(H,19,22). The van der Waals surface area contributed by atoms with Crippen LogP contribution in [0.3, 0.4) is 0 Å². The van der Waals surface area contributed by atoms with E-state index in [1.54, 1.807) is 37.4 Å². The van der Waals surface area contributed by atoms with E-state index in [0.717, 1.165) is 15.6 Å². The van der Waals surface area contributed by atoms with Gasteiger partial charge in [0.25, 0.3) is 10.0 Å². The smallest absolute Gasteiger partial charge is 0.252 e. The van der Waals surface area contributed by atoms with E-state index < -0.39 is 26.0 Å². The van der Waals surface area contributed by atoms with Crippen LogP contribution in [-0.4, -0.2) is 58.0 Å². The first-order valence-electron chi connectivity index (χ1n) is 8.79. The van der Waals surface area contributed by atoms with Crippen LogP contribution in [-0.2, 0) is 31.4 Å². The van der Waals surface area contributed by atoms with E-state index in [1.807, 2.05) is 0 Å². The number of thiophene rings is 1. The first-order chi connectivity index (χ1) is 13.5. The lowest BCUT2D eigenvalue weighted by molar-refractivity contribution is -0.121. The van der Waals surface area contributed by atoms with Crippen molar-refractivity contribution in [2.24, 2.45) is 0 Å². The van der Waals surface area contributed by atoms with Crippen LogP contribution in [0.1, 0.15) is 19.4 Å². The van der Waals surface area contributed by atoms with Gasteiger partial charge in [0.1, 0.15) is 4.21 Å². The van der Waals surface area contributed by atoms with Crippen molar-refractivity contribution in [1.82, 2.24) is 13.9 Å². The third-order valence-corrected chi connectivity index (χ3v) is 9.57. The Morgan fingerprint density at radius 2 is 1.66 bits per heavy atom. The van der Waals surface area contributed by atoms with E-state index in [1.165, 1.54) is 36.6 Å². The van der Waals surface area contributed by atoms with E-state index in [4.69, 9.17) is 0 Å². The van der Waals surface area contributed by atoms with Gasteiger partial charge >= 0.3 is 0 Å². The Morgan fingerprint density at radius 3 is 2.17 bits per heavy atom. The Labute approximate surface area is 176 Å². The monoisotopic (exact) mass is 459 g/mol. The van der Waals surface area contributed by atoms with Crippen LogP contribution >= 0.6 is 11.3 Å². The van der Waals surface area contributed by atoms with Gasteiger partial charge in [0.05, 0.1) is 11.4 Å². The summed E-state index contributed by atoms with van der Waals surface area (Å²) in [6.07, 6.45) is 0. The Morgan fingerprint density at radius 1 is 1.03 bits per heavy atom. The highest BCUT2D eigenvalue weighted by molar-refractivity contribution is 7.91. The number of hydrogen-bond acceptors (Lipinski definition) is 6. The normalized spacial score (nSPS) is 12.7. The van der Waals surface area contributed by atoms with E-state index >= 15 is 0 Å². The van der Waals surface area contributed by atoms with E-state index in [0.29, 0.717) is 5.56 Å². The first-order valence-corrected chi connectivity index (χ1v) is 12.6. The molecule has 0 radical (unpaired) electrons. The van der Waals surface area contributed by atoms with E-state index in [9.17, 15) is 21.6 Å². The molecular weight excluding hydrogens is 434 g/mol. The Hall–Kier alpha value is -1.79. The minimum atomic E-state index is -3.69. The number of sulfonamides is 2. The molecule has 0 bridgehead atoms. The number of carbonyl (C=O) groups excluding carboxylic acids is 1. The average molecular weight is 460 g/mol. The molecule has 2 aromatic rings. The summed E-state index contributed by atoms with van der Waals surface area (Å²) in [7, 11) is -4.39. The molecule has 2 rings (SSSR count). The number of carbonyl (C=O) groups is 1. The van der Waals surface area contributed by atoms with Crippen LogP contribution in [0.4, 0.5) is 0 Å². The summed E-state index contributed by atoms with van der Waals surface area (Å²) in [5.74, 6) is -0.455. The first kappa shape index (κ1) is 23.5. The molecule has 11 heteroatoms. The number of rotatable bonds is 9. The van der Waals surface area contributed by atoms with Crippen molar-refractivity contribution in [3.8, 4) is 0 Å². The van der Waals surface area contributed by atoms with Gasteiger partial charge in [-0.05, 0) is 43.0 Å². The molecule has 29 heavy (non-hydrogen) atoms. The number of benzene rings is 1. The zero-order valence-corrected chi connectivity index (χ0v) is 19.1. The van der Waals surface area contributed by atoms with Crippen LogP contribution in [0, 0.1) is 0 Å². The maximum Gasteiger partial charge on any atom is 0.252 e. The summed E-state index contributed by atoms with van der Waals surface area (Å²) in [4.78, 5) is 12.3. The van der Waals surface area contributed by atoms with E-state index in [2.05, 4.69) is 5.32 Å². The van der Waals surface area contributed by atoms with Crippen LogP contribution in [0.15, 0.2) is 50.9 Å². The summed E-state index contributed by atoms with van der Waals surface area (Å²) >= 11 is 1.09. The van der Waals surface area contributed by atoms with Gasteiger partial charge in [0, 0.05) is 26.7 Å². The molecule has 0 fully saturated rings. The average Bonchev–Trinajstić information content (AvgIpc) is 3.21. The van der Waals surface area contributed by atoms with Gasteiger partial charge in [-0.1, -0.05) is 18.2 Å². The second-order valence-corrected chi connectivity index (χ2v) is 11.9. The molecule has 0 aliphatic carbocycles. The maximum atomic E-state index is 12.5. The summed E-state index contributed by atoms with van der Waals surface area (Å²) < 4.78 is 52.0. The SMILES string of the molecule is CC(C)N(C)S(=O)(=O)c1ccc(CNC(=O)CN(C)S(=O)(=O)c2cccs2)cc1. The summed E-state index contributed by atoms with van der Waals surface area (Å²) in [5.41, 5.74) is 0.702. The number of nitrogens with one attached hydrogen (secondary N) is 1. The number of nitrogens with zero attached hydrogens (tertiary/aromatic N) is 2. The molecule has 1 N–H and O–H groups in total. The summed E-state index contributed by atoms with van der Waals surface area (Å²) in [5, 5.41) is 4.30. The van der Waals surface area contributed by atoms with Crippen molar-refractivity contribution < 1.29 is 21.6 Å². The lowest BCUT2D eigenvalue weighted by Gasteiger charge is -2.21. The van der Waals surface area contributed by atoms with Crippen molar-refractivity contribution >= 4 is 37.3 Å². The second kappa shape index (κ2) is 9.35. The van der Waals surface area contributed by atoms with Crippen LogP contribution < -0.4 is 5.32 Å². The van der Waals surface area contributed by atoms with Crippen molar-refractivity contribution in [3.63, 3.8) is 0 Å².